The molecule has 0 spiro atoms. The summed E-state index contributed by atoms with van der Waals surface area (Å²) in [5.74, 6) is -2.66. The lowest BCUT2D eigenvalue weighted by Crippen LogP contribution is -2.54. The third-order valence-electron chi connectivity index (χ3n) is 4.55. The van der Waals surface area contributed by atoms with Gasteiger partial charge in [-0.1, -0.05) is 18.2 Å². The van der Waals surface area contributed by atoms with Gasteiger partial charge in [0.05, 0.1) is 13.7 Å². The molecule has 0 aliphatic rings. The molecule has 4 N–H and O–H groups in total. The van der Waals surface area contributed by atoms with Crippen LogP contribution in [0.1, 0.15) is 37.9 Å². The van der Waals surface area contributed by atoms with E-state index in [0.717, 1.165) is 12.0 Å². The molecule has 2 unspecified atom stereocenters. The topological polar surface area (TPSA) is 154 Å². The first-order valence-corrected chi connectivity index (χ1v) is 11.1. The Labute approximate surface area is 204 Å². The molecule has 2 atom stereocenters. The molecule has 0 fully saturated rings. The maximum absolute atomic E-state index is 13.4. The summed E-state index contributed by atoms with van der Waals surface area (Å²) in [7, 11) is 1.15. The van der Waals surface area contributed by atoms with E-state index in [1.165, 1.54) is 6.07 Å². The first-order chi connectivity index (χ1) is 15.9. The molecule has 0 heterocycles. The van der Waals surface area contributed by atoms with Gasteiger partial charge in [0.25, 0.3) is 0 Å². The lowest BCUT2D eigenvalue weighted by Gasteiger charge is -2.34. The van der Waals surface area contributed by atoms with Crippen molar-refractivity contribution in [1.29, 1.82) is 0 Å². The van der Waals surface area contributed by atoms with Gasteiger partial charge in [0, 0.05) is 17.9 Å². The Kier molecular flexibility index (Phi) is 11.1. The van der Waals surface area contributed by atoms with Crippen molar-refractivity contribution in [1.82, 2.24) is 15.5 Å². The fraction of sp³-hybridized carbons (Fsp3) is 0.545. The van der Waals surface area contributed by atoms with Crippen LogP contribution in [0, 0.1) is 6.92 Å². The van der Waals surface area contributed by atoms with Crippen molar-refractivity contribution in [2.75, 3.05) is 32.6 Å². The van der Waals surface area contributed by atoms with E-state index in [1.54, 1.807) is 39.8 Å². The number of phenols is 1. The zero-order chi connectivity index (χ0) is 26.1. The number of aromatic hydroxyl groups is 1. The van der Waals surface area contributed by atoms with Crippen molar-refractivity contribution < 1.29 is 38.9 Å². The summed E-state index contributed by atoms with van der Waals surface area (Å²) in [6.45, 7) is 5.26. The van der Waals surface area contributed by atoms with Gasteiger partial charge in [0.1, 0.15) is 30.0 Å². The quantitative estimate of drug-likeness (QED) is 0.233. The van der Waals surface area contributed by atoms with Crippen LogP contribution in [-0.4, -0.2) is 83.2 Å². The second-order valence-corrected chi connectivity index (χ2v) is 8.71. The molecule has 0 aromatic heterocycles. The smallest absolute Gasteiger partial charge is 0.408 e. The van der Waals surface area contributed by atoms with Gasteiger partial charge < -0.3 is 35.2 Å². The van der Waals surface area contributed by atoms with E-state index in [4.69, 9.17) is 4.74 Å². The third-order valence-corrected chi connectivity index (χ3v) is 4.92. The van der Waals surface area contributed by atoms with E-state index in [0.29, 0.717) is 5.56 Å². The summed E-state index contributed by atoms with van der Waals surface area (Å²) in [6, 6.07) is 1.99. The summed E-state index contributed by atoms with van der Waals surface area (Å²) in [5.41, 5.74) is -0.306. The summed E-state index contributed by atoms with van der Waals surface area (Å²) in [4.78, 5) is 51.3. The number of esters is 1. The van der Waals surface area contributed by atoms with Crippen molar-refractivity contribution in [3.8, 4) is 5.75 Å². The number of alkyl carbamates (subject to hydrolysis) is 1. The van der Waals surface area contributed by atoms with Crippen LogP contribution in [0.5, 0.6) is 5.75 Å². The molecular formula is C22H33N3O8S. The summed E-state index contributed by atoms with van der Waals surface area (Å²) in [5, 5.41) is 25.1. The molecular weight excluding hydrogens is 466 g/mol. The molecule has 0 saturated carbocycles. The zero-order valence-corrected chi connectivity index (χ0v) is 20.8. The van der Waals surface area contributed by atoms with Gasteiger partial charge in [0.15, 0.2) is 0 Å². The largest absolute Gasteiger partial charge is 0.507 e. The second-order valence-electron chi connectivity index (χ2n) is 8.35. The minimum Gasteiger partial charge on any atom is -0.507 e. The Morgan fingerprint density at radius 3 is 2.38 bits per heavy atom. The number of rotatable bonds is 10. The highest BCUT2D eigenvalue weighted by Gasteiger charge is 2.37. The van der Waals surface area contributed by atoms with Gasteiger partial charge in [0.2, 0.25) is 11.8 Å². The molecule has 34 heavy (non-hydrogen) atoms. The van der Waals surface area contributed by atoms with Gasteiger partial charge in [-0.25, -0.2) is 4.79 Å². The highest BCUT2D eigenvalue weighted by Crippen LogP contribution is 2.32. The molecule has 190 valence electrons. The average Bonchev–Trinajstić information content (AvgIpc) is 2.76. The van der Waals surface area contributed by atoms with Crippen LogP contribution < -0.4 is 10.6 Å². The fourth-order valence-electron chi connectivity index (χ4n) is 2.99. The number of methoxy groups -OCH3 is 1. The number of carbonyl (C=O) groups is 4. The van der Waals surface area contributed by atoms with Crippen LogP contribution >= 0.6 is 12.6 Å². The van der Waals surface area contributed by atoms with Crippen LogP contribution in [-0.2, 0) is 23.9 Å². The van der Waals surface area contributed by atoms with Crippen LogP contribution in [0.15, 0.2) is 18.2 Å². The molecule has 0 saturated heterocycles. The first kappa shape index (κ1) is 29.0. The molecule has 3 amide bonds. The summed E-state index contributed by atoms with van der Waals surface area (Å²) < 4.78 is 9.72. The van der Waals surface area contributed by atoms with Crippen molar-refractivity contribution in [3.05, 3.63) is 29.3 Å². The SMILES string of the molecule is COC(=O)CNC(=O)C(c1cccc(C)c1O)N(CCO)C(=O)C(CS)NC(=O)OC(C)(C)C. The number of thiol groups is 1. The van der Waals surface area contributed by atoms with E-state index in [-0.39, 0.29) is 23.6 Å². The third kappa shape index (κ3) is 8.41. The molecule has 0 aliphatic carbocycles. The van der Waals surface area contributed by atoms with Crippen molar-refractivity contribution in [3.63, 3.8) is 0 Å². The molecule has 0 bridgehead atoms. The minimum atomic E-state index is -1.44. The van der Waals surface area contributed by atoms with Gasteiger partial charge >= 0.3 is 12.1 Å². The van der Waals surface area contributed by atoms with Crippen LogP contribution in [0.4, 0.5) is 4.79 Å². The Morgan fingerprint density at radius 1 is 1.21 bits per heavy atom. The monoisotopic (exact) mass is 499 g/mol. The standard InChI is InChI=1S/C22H33N3O8S/c1-13-7-6-8-14(18(13)28)17(19(29)23-11-16(27)32-5)25(9-10-26)20(30)15(12-34)24-21(31)33-22(2,3)4/h6-8,15,17,26,28,34H,9-12H2,1-5H3,(H,23,29)(H,24,31). The number of nitrogens with one attached hydrogen (secondary N) is 2. The number of phenolic OH excluding ortho intramolecular Hbond substituents is 1. The molecule has 1 aromatic rings. The van der Waals surface area contributed by atoms with Crippen LogP contribution in [0.25, 0.3) is 0 Å². The molecule has 11 nitrogen and oxygen atoms in total. The number of benzene rings is 1. The Hall–Kier alpha value is -2.99. The van der Waals surface area contributed by atoms with Gasteiger partial charge in [-0.15, -0.1) is 0 Å². The maximum Gasteiger partial charge on any atom is 0.408 e. The molecule has 1 aromatic carbocycles. The Morgan fingerprint density at radius 2 is 1.85 bits per heavy atom. The predicted molar refractivity (Wildman–Crippen MR) is 126 cm³/mol. The van der Waals surface area contributed by atoms with Crippen molar-refractivity contribution in [2.45, 2.75) is 45.4 Å². The number of aliphatic hydroxyl groups is 1. The lowest BCUT2D eigenvalue weighted by atomic mass is 9.99. The van der Waals surface area contributed by atoms with E-state index >= 15 is 0 Å². The zero-order valence-electron chi connectivity index (χ0n) is 20.0. The van der Waals surface area contributed by atoms with Crippen molar-refractivity contribution in [2.24, 2.45) is 0 Å². The number of hydrogen-bond donors (Lipinski definition) is 5. The number of hydrogen-bond acceptors (Lipinski definition) is 9. The number of amides is 3. The van der Waals surface area contributed by atoms with E-state index in [1.807, 2.05) is 0 Å². The van der Waals surface area contributed by atoms with E-state index in [2.05, 4.69) is 28.0 Å². The summed E-state index contributed by atoms with van der Waals surface area (Å²) in [6.07, 6.45) is -0.867. The number of ether oxygens (including phenoxy) is 2. The normalized spacial score (nSPS) is 12.8. The number of nitrogens with zero attached hydrogens (tertiary/aromatic N) is 1. The fourth-order valence-corrected chi connectivity index (χ4v) is 3.24. The molecule has 12 heteroatoms. The van der Waals surface area contributed by atoms with Gasteiger partial charge in [-0.05, 0) is 33.3 Å². The number of para-hydroxylation sites is 1. The number of aryl methyl sites for hydroxylation is 1. The second kappa shape index (κ2) is 13.0. The number of aliphatic hydroxyl groups excluding tert-OH is 1. The summed E-state index contributed by atoms with van der Waals surface area (Å²) >= 11 is 4.14. The molecule has 1 rings (SSSR count). The molecule has 0 radical (unpaired) electrons. The van der Waals surface area contributed by atoms with Gasteiger partial charge in [-0.2, -0.15) is 12.6 Å². The molecule has 0 aliphatic heterocycles. The average molecular weight is 500 g/mol. The van der Waals surface area contributed by atoms with Crippen LogP contribution in [0.2, 0.25) is 0 Å². The Balaban J connectivity index is 3.40. The van der Waals surface area contributed by atoms with E-state index < -0.39 is 54.7 Å². The maximum atomic E-state index is 13.4. The van der Waals surface area contributed by atoms with Crippen LogP contribution in [0.3, 0.4) is 0 Å². The lowest BCUT2D eigenvalue weighted by molar-refractivity contribution is -0.144. The number of carbonyl (C=O) groups excluding carboxylic acids is 4. The van der Waals surface area contributed by atoms with Crippen molar-refractivity contribution >= 4 is 36.5 Å². The highest BCUT2D eigenvalue weighted by atomic mass is 32.1. The minimum absolute atomic E-state index is 0.0688. The van der Waals surface area contributed by atoms with E-state index in [9.17, 15) is 29.4 Å². The first-order valence-electron chi connectivity index (χ1n) is 10.5. The Bertz CT molecular complexity index is 887. The predicted octanol–water partition coefficient (Wildman–Crippen LogP) is 0.675. The van der Waals surface area contributed by atoms with Gasteiger partial charge in [-0.3, -0.25) is 14.4 Å². The highest BCUT2D eigenvalue weighted by molar-refractivity contribution is 7.80.